The molecule has 19 heavy (non-hydrogen) atoms. The van der Waals surface area contributed by atoms with E-state index < -0.39 is 0 Å². The van der Waals surface area contributed by atoms with Gasteiger partial charge in [-0.05, 0) is 37.0 Å². The Kier molecular flexibility index (Phi) is 4.68. The summed E-state index contributed by atoms with van der Waals surface area (Å²) in [6, 6.07) is 4.05. The van der Waals surface area contributed by atoms with E-state index in [-0.39, 0.29) is 17.9 Å². The van der Waals surface area contributed by atoms with Crippen LogP contribution in [0.1, 0.15) is 24.8 Å². The van der Waals surface area contributed by atoms with Crippen molar-refractivity contribution in [1.82, 2.24) is 9.88 Å². The summed E-state index contributed by atoms with van der Waals surface area (Å²) in [4.78, 5) is 18.3. The standard InChI is InChI=1S/C15H21N3O/c1-2-9-18(11-12-5-7-17-8-6-12)15(19)13-3-4-14(16)10-13/h2,5-8,13-14H,1,3-4,9-11,16H2/t13-,14+/m0/s1. The number of carbonyl (C=O) groups is 1. The van der Waals surface area contributed by atoms with Crippen LogP contribution in [0.15, 0.2) is 37.2 Å². The number of amides is 1. The van der Waals surface area contributed by atoms with E-state index in [0.29, 0.717) is 13.1 Å². The fourth-order valence-corrected chi connectivity index (χ4v) is 2.60. The highest BCUT2D eigenvalue weighted by Gasteiger charge is 2.30. The van der Waals surface area contributed by atoms with Crippen LogP contribution in [0.4, 0.5) is 0 Å². The number of hydrogen-bond donors (Lipinski definition) is 1. The summed E-state index contributed by atoms with van der Waals surface area (Å²) in [5.41, 5.74) is 6.98. The maximum absolute atomic E-state index is 12.5. The fraction of sp³-hybridized carbons (Fsp3) is 0.467. The Morgan fingerprint density at radius 1 is 1.47 bits per heavy atom. The molecule has 1 aromatic heterocycles. The topological polar surface area (TPSA) is 59.2 Å². The van der Waals surface area contributed by atoms with Gasteiger partial charge >= 0.3 is 0 Å². The van der Waals surface area contributed by atoms with Crippen molar-refractivity contribution in [3.05, 3.63) is 42.7 Å². The zero-order valence-electron chi connectivity index (χ0n) is 11.2. The number of nitrogens with two attached hydrogens (primary N) is 1. The molecule has 0 bridgehead atoms. The lowest BCUT2D eigenvalue weighted by Gasteiger charge is -2.24. The highest BCUT2D eigenvalue weighted by Crippen LogP contribution is 2.26. The minimum Gasteiger partial charge on any atom is -0.334 e. The van der Waals surface area contributed by atoms with Gasteiger partial charge in [0.25, 0.3) is 0 Å². The van der Waals surface area contributed by atoms with Crippen molar-refractivity contribution in [2.45, 2.75) is 31.8 Å². The fourth-order valence-electron chi connectivity index (χ4n) is 2.60. The van der Waals surface area contributed by atoms with Gasteiger partial charge in [0.15, 0.2) is 0 Å². The molecule has 4 heteroatoms. The zero-order valence-corrected chi connectivity index (χ0v) is 11.2. The van der Waals surface area contributed by atoms with Gasteiger partial charge in [0.2, 0.25) is 5.91 Å². The molecule has 1 amide bonds. The van der Waals surface area contributed by atoms with Crippen LogP contribution in [-0.2, 0) is 11.3 Å². The molecule has 0 spiro atoms. The summed E-state index contributed by atoms with van der Waals surface area (Å²) >= 11 is 0. The summed E-state index contributed by atoms with van der Waals surface area (Å²) in [6.45, 7) is 4.92. The summed E-state index contributed by atoms with van der Waals surface area (Å²) in [5.74, 6) is 0.279. The van der Waals surface area contributed by atoms with Crippen LogP contribution in [-0.4, -0.2) is 28.4 Å². The van der Waals surface area contributed by atoms with Gasteiger partial charge in [0.1, 0.15) is 0 Å². The number of carbonyl (C=O) groups excluding carboxylic acids is 1. The van der Waals surface area contributed by atoms with Gasteiger partial charge in [-0.1, -0.05) is 6.08 Å². The lowest BCUT2D eigenvalue weighted by molar-refractivity contribution is -0.135. The maximum atomic E-state index is 12.5. The van der Waals surface area contributed by atoms with Crippen molar-refractivity contribution < 1.29 is 4.79 Å². The molecule has 1 aliphatic rings. The summed E-state index contributed by atoms with van der Waals surface area (Å²) in [5, 5.41) is 0. The lowest BCUT2D eigenvalue weighted by Crippen LogP contribution is -2.35. The molecule has 1 fully saturated rings. The normalized spacial score (nSPS) is 22.2. The van der Waals surface area contributed by atoms with Gasteiger partial charge in [-0.25, -0.2) is 0 Å². The minimum absolute atomic E-state index is 0.0804. The Hall–Kier alpha value is -1.68. The number of rotatable bonds is 5. The number of aromatic nitrogens is 1. The van der Waals surface area contributed by atoms with E-state index >= 15 is 0 Å². The molecular formula is C15H21N3O. The molecule has 1 saturated carbocycles. The minimum atomic E-state index is 0.0804. The highest BCUT2D eigenvalue weighted by atomic mass is 16.2. The molecule has 2 rings (SSSR count). The van der Waals surface area contributed by atoms with Gasteiger partial charge in [-0.15, -0.1) is 6.58 Å². The summed E-state index contributed by atoms with van der Waals surface area (Å²) < 4.78 is 0. The van der Waals surface area contributed by atoms with Crippen molar-refractivity contribution in [3.8, 4) is 0 Å². The average Bonchev–Trinajstić information content (AvgIpc) is 2.85. The Bertz CT molecular complexity index is 432. The molecule has 102 valence electrons. The van der Waals surface area contributed by atoms with Crippen LogP contribution >= 0.6 is 0 Å². The molecule has 2 N–H and O–H groups in total. The molecule has 1 aromatic rings. The van der Waals surface area contributed by atoms with Gasteiger partial charge in [-0.3, -0.25) is 9.78 Å². The van der Waals surface area contributed by atoms with Crippen molar-refractivity contribution in [1.29, 1.82) is 0 Å². The first-order valence-electron chi connectivity index (χ1n) is 6.75. The molecular weight excluding hydrogens is 238 g/mol. The molecule has 0 aromatic carbocycles. The first-order valence-corrected chi connectivity index (χ1v) is 6.75. The monoisotopic (exact) mass is 259 g/mol. The number of hydrogen-bond acceptors (Lipinski definition) is 3. The quantitative estimate of drug-likeness (QED) is 0.819. The molecule has 4 nitrogen and oxygen atoms in total. The second kappa shape index (κ2) is 6.48. The van der Waals surface area contributed by atoms with Crippen LogP contribution in [0, 0.1) is 5.92 Å². The van der Waals surface area contributed by atoms with Crippen LogP contribution in [0.5, 0.6) is 0 Å². The first kappa shape index (κ1) is 13.7. The van der Waals surface area contributed by atoms with E-state index in [1.165, 1.54) is 0 Å². The second-order valence-electron chi connectivity index (χ2n) is 5.13. The molecule has 0 aliphatic heterocycles. The Labute approximate surface area is 114 Å². The molecule has 0 saturated heterocycles. The van der Waals surface area contributed by atoms with Crippen molar-refractivity contribution in [2.75, 3.05) is 6.54 Å². The third-order valence-electron chi connectivity index (χ3n) is 3.61. The lowest BCUT2D eigenvalue weighted by atomic mass is 10.1. The van der Waals surface area contributed by atoms with E-state index in [0.717, 1.165) is 24.8 Å². The third kappa shape index (κ3) is 3.64. The van der Waals surface area contributed by atoms with Crippen LogP contribution in [0.25, 0.3) is 0 Å². The Morgan fingerprint density at radius 2 is 2.21 bits per heavy atom. The van der Waals surface area contributed by atoms with Gasteiger partial charge in [0.05, 0.1) is 0 Å². The van der Waals surface area contributed by atoms with Crippen molar-refractivity contribution >= 4 is 5.91 Å². The first-order chi connectivity index (χ1) is 9.20. The third-order valence-corrected chi connectivity index (χ3v) is 3.61. The van der Waals surface area contributed by atoms with E-state index in [1.807, 2.05) is 17.0 Å². The highest BCUT2D eigenvalue weighted by molar-refractivity contribution is 5.79. The molecule has 1 heterocycles. The summed E-state index contributed by atoms with van der Waals surface area (Å²) in [6.07, 6.45) is 7.93. The van der Waals surface area contributed by atoms with E-state index in [4.69, 9.17) is 5.73 Å². The van der Waals surface area contributed by atoms with Gasteiger partial charge < -0.3 is 10.6 Å². The zero-order chi connectivity index (χ0) is 13.7. The Balaban J connectivity index is 2.03. The average molecular weight is 259 g/mol. The second-order valence-corrected chi connectivity index (χ2v) is 5.13. The molecule has 2 atom stereocenters. The van der Waals surface area contributed by atoms with E-state index in [9.17, 15) is 4.79 Å². The summed E-state index contributed by atoms with van der Waals surface area (Å²) in [7, 11) is 0. The molecule has 0 radical (unpaired) electrons. The van der Waals surface area contributed by atoms with Gasteiger partial charge in [0, 0.05) is 37.4 Å². The van der Waals surface area contributed by atoms with Crippen molar-refractivity contribution in [2.24, 2.45) is 11.7 Å². The van der Waals surface area contributed by atoms with Crippen LogP contribution in [0.2, 0.25) is 0 Å². The molecule has 0 unspecified atom stereocenters. The SMILES string of the molecule is C=CCN(Cc1ccncc1)C(=O)[C@H]1CC[C@@H](N)C1. The van der Waals surface area contributed by atoms with Crippen LogP contribution in [0.3, 0.4) is 0 Å². The molecule has 1 aliphatic carbocycles. The van der Waals surface area contributed by atoms with E-state index in [1.54, 1.807) is 18.5 Å². The van der Waals surface area contributed by atoms with Crippen LogP contribution < -0.4 is 5.73 Å². The smallest absolute Gasteiger partial charge is 0.226 e. The van der Waals surface area contributed by atoms with Crippen molar-refractivity contribution in [3.63, 3.8) is 0 Å². The number of pyridine rings is 1. The van der Waals surface area contributed by atoms with E-state index in [2.05, 4.69) is 11.6 Å². The predicted octanol–water partition coefficient (Wildman–Crippen LogP) is 1.72. The maximum Gasteiger partial charge on any atom is 0.226 e. The number of nitrogens with zero attached hydrogens (tertiary/aromatic N) is 2. The predicted molar refractivity (Wildman–Crippen MR) is 75.2 cm³/mol. The largest absolute Gasteiger partial charge is 0.334 e. The Morgan fingerprint density at radius 3 is 2.79 bits per heavy atom. The van der Waals surface area contributed by atoms with Gasteiger partial charge in [-0.2, -0.15) is 0 Å².